The third-order valence-corrected chi connectivity index (χ3v) is 7.74. The molecule has 3 aliphatic rings. The molecule has 0 heterocycles. The van der Waals surface area contributed by atoms with Crippen LogP contribution in [0.15, 0.2) is 54.6 Å². The molecule has 5 rings (SSSR count). The van der Waals surface area contributed by atoms with Crippen LogP contribution in [-0.4, -0.2) is 30.2 Å². The topological polar surface area (TPSA) is 99.3 Å². The summed E-state index contributed by atoms with van der Waals surface area (Å²) in [5.41, 5.74) is 7.48. The van der Waals surface area contributed by atoms with E-state index in [0.29, 0.717) is 40.0 Å². The van der Waals surface area contributed by atoms with Crippen molar-refractivity contribution in [2.24, 2.45) is 28.9 Å². The summed E-state index contributed by atoms with van der Waals surface area (Å²) in [4.78, 5) is 28.0. The highest BCUT2D eigenvalue weighted by atomic mass is 16.2. The summed E-state index contributed by atoms with van der Waals surface area (Å²) >= 11 is 0. The first-order valence-electron chi connectivity index (χ1n) is 11.3. The molecule has 0 aliphatic heterocycles. The number of rotatable bonds is 6. The van der Waals surface area contributed by atoms with Gasteiger partial charge in [-0.1, -0.05) is 51.1 Å². The lowest BCUT2D eigenvalue weighted by molar-refractivity contribution is -0.132. The molecule has 3 saturated carbocycles. The second kappa shape index (κ2) is 8.41. The number of hydrogen-bond acceptors (Lipinski definition) is 3. The molecule has 168 valence electrons. The molecule has 6 nitrogen and oxygen atoms in total. The summed E-state index contributed by atoms with van der Waals surface area (Å²) in [6.45, 7) is 6.85. The Morgan fingerprint density at radius 2 is 1.78 bits per heavy atom. The number of benzene rings is 2. The van der Waals surface area contributed by atoms with Gasteiger partial charge in [-0.3, -0.25) is 19.9 Å². The van der Waals surface area contributed by atoms with Crippen LogP contribution in [0.5, 0.6) is 0 Å². The Bertz CT molecular complexity index is 1030. The van der Waals surface area contributed by atoms with Gasteiger partial charge < -0.3 is 11.1 Å². The number of hydrogen-bond donors (Lipinski definition) is 3. The lowest BCUT2D eigenvalue weighted by Crippen LogP contribution is -2.61. The number of carbonyl (C=O) groups is 2. The average Bonchev–Trinajstić information content (AvgIpc) is 2.78. The van der Waals surface area contributed by atoms with Crippen molar-refractivity contribution in [2.75, 3.05) is 11.4 Å². The maximum atomic E-state index is 13.4. The van der Waals surface area contributed by atoms with Crippen molar-refractivity contribution in [1.29, 1.82) is 5.41 Å². The van der Waals surface area contributed by atoms with Gasteiger partial charge in [0.1, 0.15) is 12.4 Å². The maximum absolute atomic E-state index is 13.4. The first-order valence-corrected chi connectivity index (χ1v) is 11.3. The molecule has 0 unspecified atom stereocenters. The Morgan fingerprint density at radius 1 is 1.09 bits per heavy atom. The summed E-state index contributed by atoms with van der Waals surface area (Å²) in [7, 11) is 0. The van der Waals surface area contributed by atoms with Gasteiger partial charge >= 0.3 is 0 Å². The van der Waals surface area contributed by atoms with E-state index in [1.54, 1.807) is 24.3 Å². The summed E-state index contributed by atoms with van der Waals surface area (Å²) in [5.74, 6) is 1.16. The van der Waals surface area contributed by atoms with E-state index < -0.39 is 0 Å². The summed E-state index contributed by atoms with van der Waals surface area (Å²) in [6.07, 6.45) is 2.25. The Balaban J connectivity index is 1.52. The summed E-state index contributed by atoms with van der Waals surface area (Å²) in [5, 5.41) is 10.9. The fraction of sp³-hybridized carbons (Fsp3) is 0.423. The van der Waals surface area contributed by atoms with E-state index in [2.05, 4.69) is 26.1 Å². The number of nitrogens with one attached hydrogen (secondary N) is 2. The molecule has 4 atom stereocenters. The van der Waals surface area contributed by atoms with Gasteiger partial charge in [-0.2, -0.15) is 0 Å². The van der Waals surface area contributed by atoms with Crippen LogP contribution in [0.3, 0.4) is 0 Å². The molecular weight excluding hydrogens is 400 g/mol. The molecule has 0 aromatic heterocycles. The van der Waals surface area contributed by atoms with Crippen LogP contribution in [0.1, 0.15) is 49.5 Å². The van der Waals surface area contributed by atoms with Crippen LogP contribution >= 0.6 is 0 Å². The number of anilines is 1. The van der Waals surface area contributed by atoms with Gasteiger partial charge in [-0.15, -0.1) is 0 Å². The predicted octanol–water partition coefficient (Wildman–Crippen LogP) is 3.80. The lowest BCUT2D eigenvalue weighted by atomic mass is 9.45. The SMILES string of the molecule is C[C@@H]1[C@@H](NC(=O)CN(C(=O)c2cccc(C(=N)N)c2)c2ccccc2)C[C@H]2C[C@@H]1C2(C)C. The molecule has 6 heteroatoms. The number of fused-ring (bicyclic) bond motifs is 2. The summed E-state index contributed by atoms with van der Waals surface area (Å²) < 4.78 is 0. The molecule has 2 amide bonds. The lowest BCUT2D eigenvalue weighted by Gasteiger charge is -2.62. The van der Waals surface area contributed by atoms with Gasteiger partial charge in [0.05, 0.1) is 0 Å². The standard InChI is InChI=1S/C26H32N4O2/c1-16-21-13-19(26(21,2)3)14-22(16)29-23(31)15-30(20-10-5-4-6-11-20)25(32)18-9-7-8-17(12-18)24(27)28/h4-12,16,19,21-22H,13-15H2,1-3H3,(H3,27,28)(H,29,31)/t16-,19+,21-,22-/m0/s1. The zero-order valence-electron chi connectivity index (χ0n) is 19.0. The third-order valence-electron chi connectivity index (χ3n) is 7.74. The van der Waals surface area contributed by atoms with Crippen LogP contribution in [-0.2, 0) is 4.79 Å². The van der Waals surface area contributed by atoms with Crippen LogP contribution in [0.25, 0.3) is 0 Å². The molecule has 2 bridgehead atoms. The van der Waals surface area contributed by atoms with E-state index in [4.69, 9.17) is 11.1 Å². The van der Waals surface area contributed by atoms with Crippen molar-refractivity contribution in [3.8, 4) is 0 Å². The first-order chi connectivity index (χ1) is 15.2. The number of amides is 2. The average molecular weight is 433 g/mol. The minimum Gasteiger partial charge on any atom is -0.384 e. The second-order valence-corrected chi connectivity index (χ2v) is 9.85. The Morgan fingerprint density at radius 3 is 2.41 bits per heavy atom. The van der Waals surface area contributed by atoms with E-state index in [1.807, 2.05) is 30.3 Å². The van der Waals surface area contributed by atoms with Crippen LogP contribution in [0.4, 0.5) is 5.69 Å². The van der Waals surface area contributed by atoms with Crippen LogP contribution in [0.2, 0.25) is 0 Å². The van der Waals surface area contributed by atoms with Gasteiger partial charge in [-0.05, 0) is 60.3 Å². The van der Waals surface area contributed by atoms with Crippen molar-refractivity contribution < 1.29 is 9.59 Å². The second-order valence-electron chi connectivity index (χ2n) is 9.85. The largest absolute Gasteiger partial charge is 0.384 e. The highest BCUT2D eigenvalue weighted by Gasteiger charge is 2.56. The summed E-state index contributed by atoms with van der Waals surface area (Å²) in [6, 6.07) is 16.0. The third kappa shape index (κ3) is 4.01. The molecule has 32 heavy (non-hydrogen) atoms. The van der Waals surface area contributed by atoms with E-state index in [-0.39, 0.29) is 30.2 Å². The maximum Gasteiger partial charge on any atom is 0.258 e. The fourth-order valence-corrected chi connectivity index (χ4v) is 5.60. The van der Waals surface area contributed by atoms with E-state index >= 15 is 0 Å². The molecule has 0 spiro atoms. The molecule has 3 aliphatic carbocycles. The van der Waals surface area contributed by atoms with Crippen LogP contribution < -0.4 is 16.0 Å². The number of amidine groups is 1. The fourth-order valence-electron chi connectivity index (χ4n) is 5.60. The number of nitrogens with two attached hydrogens (primary N) is 1. The molecule has 0 saturated heterocycles. The minimum absolute atomic E-state index is 0.0604. The van der Waals surface area contributed by atoms with Crippen molar-refractivity contribution in [2.45, 2.75) is 39.7 Å². The van der Waals surface area contributed by atoms with Crippen molar-refractivity contribution in [3.05, 3.63) is 65.7 Å². The van der Waals surface area contributed by atoms with Gasteiger partial charge in [0.15, 0.2) is 0 Å². The smallest absolute Gasteiger partial charge is 0.258 e. The van der Waals surface area contributed by atoms with Gasteiger partial charge in [0, 0.05) is 22.9 Å². The highest BCUT2D eigenvalue weighted by Crippen LogP contribution is 2.61. The van der Waals surface area contributed by atoms with Gasteiger partial charge in [0.25, 0.3) is 5.91 Å². The Hall–Kier alpha value is -3.15. The van der Waals surface area contributed by atoms with E-state index in [0.717, 1.165) is 6.42 Å². The van der Waals surface area contributed by atoms with Crippen molar-refractivity contribution in [1.82, 2.24) is 5.32 Å². The minimum atomic E-state index is -0.296. The predicted molar refractivity (Wildman–Crippen MR) is 127 cm³/mol. The Kier molecular flexibility index (Phi) is 5.80. The molecule has 2 aromatic rings. The zero-order chi connectivity index (χ0) is 23.0. The normalized spacial score (nSPS) is 25.3. The molecule has 4 N–H and O–H groups in total. The quantitative estimate of drug-likeness (QED) is 0.478. The zero-order valence-corrected chi connectivity index (χ0v) is 19.0. The van der Waals surface area contributed by atoms with Crippen molar-refractivity contribution in [3.63, 3.8) is 0 Å². The number of carbonyl (C=O) groups excluding carboxylic acids is 2. The first kappa shape index (κ1) is 22.1. The van der Waals surface area contributed by atoms with Crippen LogP contribution in [0, 0.1) is 28.6 Å². The highest BCUT2D eigenvalue weighted by molar-refractivity contribution is 6.10. The van der Waals surface area contributed by atoms with E-state index in [1.165, 1.54) is 11.3 Å². The van der Waals surface area contributed by atoms with E-state index in [9.17, 15) is 9.59 Å². The number of nitrogens with zero attached hydrogens (tertiary/aromatic N) is 1. The molecule has 0 radical (unpaired) electrons. The Labute approximate surface area is 189 Å². The van der Waals surface area contributed by atoms with Crippen molar-refractivity contribution >= 4 is 23.3 Å². The monoisotopic (exact) mass is 432 g/mol. The number of nitrogen functional groups attached to an aromatic ring is 1. The van der Waals surface area contributed by atoms with Gasteiger partial charge in [0.2, 0.25) is 5.91 Å². The molecule has 2 aromatic carbocycles. The molecule has 3 fully saturated rings. The van der Waals surface area contributed by atoms with Gasteiger partial charge in [-0.25, -0.2) is 0 Å². The molecular formula is C26H32N4O2. The number of para-hydroxylation sites is 1.